The molecule has 1 atom stereocenters. The summed E-state index contributed by atoms with van der Waals surface area (Å²) in [6, 6.07) is 22.8. The van der Waals surface area contributed by atoms with Gasteiger partial charge in [0.05, 0.1) is 0 Å². The summed E-state index contributed by atoms with van der Waals surface area (Å²) in [7, 11) is 0. The number of aryl methyl sites for hydroxylation is 1. The van der Waals surface area contributed by atoms with E-state index < -0.39 is 0 Å². The maximum Gasteiger partial charge on any atom is 0.0497 e. The lowest BCUT2D eigenvalue weighted by Gasteiger charge is -2.15. The highest BCUT2D eigenvalue weighted by Crippen LogP contribution is 2.37. The van der Waals surface area contributed by atoms with Crippen LogP contribution in [0.1, 0.15) is 46.5 Å². The van der Waals surface area contributed by atoms with Gasteiger partial charge < -0.3 is 4.57 Å². The molecular weight excluding hydrogens is 438 g/mol. The molecule has 2 aromatic carbocycles. The zero-order valence-corrected chi connectivity index (χ0v) is 21.5. The van der Waals surface area contributed by atoms with Crippen molar-refractivity contribution in [1.29, 1.82) is 0 Å². The van der Waals surface area contributed by atoms with E-state index in [2.05, 4.69) is 96.8 Å². The van der Waals surface area contributed by atoms with Gasteiger partial charge in [0.25, 0.3) is 0 Å². The minimum atomic E-state index is 0.747. The van der Waals surface area contributed by atoms with E-state index >= 15 is 0 Å². The van der Waals surface area contributed by atoms with Crippen LogP contribution in [0.15, 0.2) is 71.4 Å². The number of rotatable bonds is 9. The molecule has 1 nitrogen and oxygen atoms in total. The molecule has 0 aliphatic carbocycles. The normalized spacial score (nSPS) is 12.8. The highest BCUT2D eigenvalue weighted by atomic mass is 32.1. The molecule has 3 heterocycles. The predicted molar refractivity (Wildman–Crippen MR) is 149 cm³/mol. The third-order valence-electron chi connectivity index (χ3n) is 6.80. The molecule has 5 aromatic rings. The Labute approximate surface area is 205 Å². The Morgan fingerprint density at radius 1 is 0.697 bits per heavy atom. The van der Waals surface area contributed by atoms with Crippen LogP contribution in [-0.2, 0) is 6.54 Å². The summed E-state index contributed by atoms with van der Waals surface area (Å²) >= 11 is 3.64. The Hall–Kier alpha value is -2.36. The molecule has 0 saturated heterocycles. The van der Waals surface area contributed by atoms with Crippen molar-refractivity contribution in [2.75, 3.05) is 0 Å². The lowest BCUT2D eigenvalue weighted by atomic mass is 9.97. The van der Waals surface area contributed by atoms with E-state index in [0.29, 0.717) is 0 Å². The monoisotopic (exact) mass is 471 g/mol. The summed E-state index contributed by atoms with van der Waals surface area (Å²) in [6.45, 7) is 8.17. The summed E-state index contributed by atoms with van der Waals surface area (Å²) in [5, 5.41) is 7.08. The van der Waals surface area contributed by atoms with Crippen LogP contribution in [-0.4, -0.2) is 4.57 Å². The standard InChI is InChI=1S/C30H33NS2/c1-21(2)7-4-8-22(3)15-16-31-27-19-23(29-9-5-17-32-29)11-13-25(27)26-14-12-24(20-28(26)31)30-10-6-18-33-30/h5-6,9-14,17-22H,4,7-8,15-16H2,1-3H3. The van der Waals surface area contributed by atoms with Gasteiger partial charge in [-0.05, 0) is 64.4 Å². The lowest BCUT2D eigenvalue weighted by Crippen LogP contribution is -2.04. The third-order valence-corrected chi connectivity index (χ3v) is 8.64. The Kier molecular flexibility index (Phi) is 6.71. The molecule has 0 fully saturated rings. The van der Waals surface area contributed by atoms with E-state index in [1.54, 1.807) is 0 Å². The minimum Gasteiger partial charge on any atom is -0.340 e. The van der Waals surface area contributed by atoms with Gasteiger partial charge in [0, 0.05) is 38.1 Å². The van der Waals surface area contributed by atoms with Gasteiger partial charge in [0.15, 0.2) is 0 Å². The smallest absolute Gasteiger partial charge is 0.0497 e. The average molecular weight is 472 g/mol. The number of aromatic nitrogens is 1. The zero-order chi connectivity index (χ0) is 22.8. The second-order valence-corrected chi connectivity index (χ2v) is 11.7. The fourth-order valence-electron chi connectivity index (χ4n) is 4.90. The van der Waals surface area contributed by atoms with Crippen LogP contribution in [0, 0.1) is 11.8 Å². The zero-order valence-electron chi connectivity index (χ0n) is 19.9. The van der Waals surface area contributed by atoms with Crippen molar-refractivity contribution < 1.29 is 0 Å². The van der Waals surface area contributed by atoms with Gasteiger partial charge in [-0.1, -0.05) is 76.4 Å². The number of fused-ring (bicyclic) bond motifs is 3. The van der Waals surface area contributed by atoms with Crippen molar-refractivity contribution in [3.05, 3.63) is 71.4 Å². The first-order valence-corrected chi connectivity index (χ1v) is 14.0. The summed E-state index contributed by atoms with van der Waals surface area (Å²) in [6.07, 6.45) is 5.24. The lowest BCUT2D eigenvalue weighted by molar-refractivity contribution is 0.419. The molecular formula is C30H33NS2. The van der Waals surface area contributed by atoms with Gasteiger partial charge in [-0.3, -0.25) is 0 Å². The Bertz CT molecular complexity index is 1230. The van der Waals surface area contributed by atoms with E-state index in [0.717, 1.165) is 18.4 Å². The van der Waals surface area contributed by atoms with Gasteiger partial charge in [-0.25, -0.2) is 0 Å². The molecule has 0 saturated carbocycles. The first-order valence-electron chi connectivity index (χ1n) is 12.2. The highest BCUT2D eigenvalue weighted by molar-refractivity contribution is 7.13. The van der Waals surface area contributed by atoms with Crippen LogP contribution >= 0.6 is 22.7 Å². The molecule has 3 aromatic heterocycles. The Morgan fingerprint density at radius 3 is 1.76 bits per heavy atom. The molecule has 1 unspecified atom stereocenters. The van der Waals surface area contributed by atoms with E-state index in [1.165, 1.54) is 68.4 Å². The molecule has 0 N–H and O–H groups in total. The Morgan fingerprint density at radius 2 is 1.27 bits per heavy atom. The quantitative estimate of drug-likeness (QED) is 0.201. The van der Waals surface area contributed by atoms with E-state index in [-0.39, 0.29) is 0 Å². The summed E-state index contributed by atoms with van der Waals surface area (Å²) in [5.41, 5.74) is 5.39. The SMILES string of the molecule is CC(C)CCCC(C)CCn1c2cc(-c3cccs3)ccc2c2ccc(-c3cccs3)cc21. The van der Waals surface area contributed by atoms with Crippen molar-refractivity contribution >= 4 is 44.5 Å². The minimum absolute atomic E-state index is 0.747. The van der Waals surface area contributed by atoms with Crippen LogP contribution in [0.25, 0.3) is 42.7 Å². The van der Waals surface area contributed by atoms with Crippen LogP contribution < -0.4 is 0 Å². The third kappa shape index (κ3) is 4.81. The van der Waals surface area contributed by atoms with Crippen molar-refractivity contribution in [1.82, 2.24) is 4.57 Å². The molecule has 0 radical (unpaired) electrons. The van der Waals surface area contributed by atoms with Gasteiger partial charge in [0.2, 0.25) is 0 Å². The number of hydrogen-bond donors (Lipinski definition) is 0. The highest BCUT2D eigenvalue weighted by Gasteiger charge is 2.15. The molecule has 3 heteroatoms. The fourth-order valence-corrected chi connectivity index (χ4v) is 6.34. The van der Waals surface area contributed by atoms with Gasteiger partial charge in [0.1, 0.15) is 0 Å². The van der Waals surface area contributed by atoms with Gasteiger partial charge in [-0.15, -0.1) is 22.7 Å². The molecule has 0 amide bonds. The summed E-state index contributed by atoms with van der Waals surface area (Å²) < 4.78 is 2.60. The second kappa shape index (κ2) is 9.87. The summed E-state index contributed by atoms with van der Waals surface area (Å²) in [4.78, 5) is 2.69. The maximum atomic E-state index is 2.60. The van der Waals surface area contributed by atoms with Crippen molar-refractivity contribution in [3.8, 4) is 20.9 Å². The molecule has 0 aliphatic rings. The van der Waals surface area contributed by atoms with Crippen molar-refractivity contribution in [2.24, 2.45) is 11.8 Å². The van der Waals surface area contributed by atoms with Crippen LogP contribution in [0.2, 0.25) is 0 Å². The second-order valence-electron chi connectivity index (χ2n) is 9.79. The van der Waals surface area contributed by atoms with Crippen molar-refractivity contribution in [2.45, 2.75) is 53.0 Å². The van der Waals surface area contributed by atoms with Crippen LogP contribution in [0.4, 0.5) is 0 Å². The maximum absolute atomic E-state index is 2.60. The van der Waals surface area contributed by atoms with Gasteiger partial charge >= 0.3 is 0 Å². The molecule has 170 valence electrons. The number of nitrogens with zero attached hydrogens (tertiary/aromatic N) is 1. The summed E-state index contributed by atoms with van der Waals surface area (Å²) in [5.74, 6) is 1.55. The fraction of sp³-hybridized carbons (Fsp3) is 0.333. The molecule has 33 heavy (non-hydrogen) atoms. The first-order chi connectivity index (χ1) is 16.1. The van der Waals surface area contributed by atoms with Crippen LogP contribution in [0.5, 0.6) is 0 Å². The first kappa shape index (κ1) is 22.4. The number of thiophene rings is 2. The van der Waals surface area contributed by atoms with E-state index in [1.807, 2.05) is 22.7 Å². The number of benzene rings is 2. The Balaban J connectivity index is 1.54. The molecule has 0 spiro atoms. The largest absolute Gasteiger partial charge is 0.340 e. The van der Waals surface area contributed by atoms with Crippen LogP contribution in [0.3, 0.4) is 0 Å². The van der Waals surface area contributed by atoms with Crippen molar-refractivity contribution in [3.63, 3.8) is 0 Å². The molecule has 0 aliphatic heterocycles. The van der Waals surface area contributed by atoms with E-state index in [4.69, 9.17) is 0 Å². The molecule has 5 rings (SSSR count). The number of hydrogen-bond acceptors (Lipinski definition) is 2. The van der Waals surface area contributed by atoms with E-state index in [9.17, 15) is 0 Å². The topological polar surface area (TPSA) is 4.93 Å². The van der Waals surface area contributed by atoms with Gasteiger partial charge in [-0.2, -0.15) is 0 Å². The molecule has 0 bridgehead atoms. The average Bonchev–Trinajstić information content (AvgIpc) is 3.57. The predicted octanol–water partition coefficient (Wildman–Crippen LogP) is 10.1.